The number of likely N-dealkylation sites (tertiary alicyclic amines) is 1. The molecule has 0 spiro atoms. The fourth-order valence-electron chi connectivity index (χ4n) is 2.77. The molecule has 0 aromatic heterocycles. The molecule has 0 aliphatic carbocycles. The Labute approximate surface area is 117 Å². The third-order valence-electron chi connectivity index (χ3n) is 4.10. The Morgan fingerprint density at radius 1 is 1.42 bits per heavy atom. The van der Waals surface area contributed by atoms with Crippen molar-refractivity contribution >= 4 is 5.97 Å². The van der Waals surface area contributed by atoms with Gasteiger partial charge in [-0.3, -0.25) is 4.79 Å². The minimum Gasteiger partial charge on any atom is -0.480 e. The summed E-state index contributed by atoms with van der Waals surface area (Å²) in [6.45, 7) is 7.50. The van der Waals surface area contributed by atoms with Gasteiger partial charge in [-0.25, -0.2) is 0 Å². The lowest BCUT2D eigenvalue weighted by Gasteiger charge is -2.33. The third-order valence-corrected chi connectivity index (χ3v) is 4.10. The molecule has 1 aliphatic rings. The fourth-order valence-corrected chi connectivity index (χ4v) is 2.77. The highest BCUT2D eigenvalue weighted by Crippen LogP contribution is 2.16. The Morgan fingerprint density at radius 2 is 2.21 bits per heavy atom. The molecule has 0 radical (unpaired) electrons. The first kappa shape index (κ1) is 16.4. The Bertz CT molecular complexity index is 259. The second kappa shape index (κ2) is 9.32. The van der Waals surface area contributed by atoms with Crippen molar-refractivity contribution in [1.29, 1.82) is 0 Å². The highest BCUT2D eigenvalue weighted by Gasteiger charge is 2.18. The number of carboxylic acids is 1. The van der Waals surface area contributed by atoms with Crippen LogP contribution in [0.5, 0.6) is 0 Å². The summed E-state index contributed by atoms with van der Waals surface area (Å²) in [6, 6.07) is 0.336. The monoisotopic (exact) mass is 270 g/mol. The number of nitrogens with zero attached hydrogens (tertiary/aromatic N) is 1. The molecular weight excluding hydrogens is 240 g/mol. The summed E-state index contributed by atoms with van der Waals surface area (Å²) < 4.78 is 0. The number of unbranched alkanes of at least 4 members (excludes halogenated alkanes) is 1. The Morgan fingerprint density at radius 3 is 2.84 bits per heavy atom. The molecule has 4 heteroatoms. The normalized spacial score (nSPS) is 22.3. The van der Waals surface area contributed by atoms with Crippen LogP contribution in [0.3, 0.4) is 0 Å². The van der Waals surface area contributed by atoms with Gasteiger partial charge in [0.2, 0.25) is 0 Å². The van der Waals surface area contributed by atoms with Gasteiger partial charge < -0.3 is 15.3 Å². The standard InChI is InChI=1S/C15H30N2O2/c1-3-4-9-14(15(18)19)16-10-7-12-17-11-6-5-8-13(17)2/h13-14,16H,3-12H2,1-2H3,(H,18,19). The molecular formula is C15H30N2O2. The van der Waals surface area contributed by atoms with Crippen molar-refractivity contribution in [3.05, 3.63) is 0 Å². The maximum atomic E-state index is 11.1. The van der Waals surface area contributed by atoms with Gasteiger partial charge in [0.15, 0.2) is 0 Å². The number of rotatable bonds is 9. The number of aliphatic carboxylic acids is 1. The summed E-state index contributed by atoms with van der Waals surface area (Å²) in [5.41, 5.74) is 0. The number of carbonyl (C=O) groups is 1. The zero-order valence-electron chi connectivity index (χ0n) is 12.5. The SMILES string of the molecule is CCCCC(NCCCN1CCCCC1C)C(=O)O. The van der Waals surface area contributed by atoms with E-state index >= 15 is 0 Å². The van der Waals surface area contributed by atoms with Crippen LogP contribution >= 0.6 is 0 Å². The lowest BCUT2D eigenvalue weighted by atomic mass is 10.0. The lowest BCUT2D eigenvalue weighted by Crippen LogP contribution is -2.41. The summed E-state index contributed by atoms with van der Waals surface area (Å²) in [5.74, 6) is -0.709. The summed E-state index contributed by atoms with van der Waals surface area (Å²) in [5, 5.41) is 12.3. The van der Waals surface area contributed by atoms with Crippen LogP contribution in [-0.2, 0) is 4.79 Å². The topological polar surface area (TPSA) is 52.6 Å². The van der Waals surface area contributed by atoms with Gasteiger partial charge in [0, 0.05) is 6.04 Å². The largest absolute Gasteiger partial charge is 0.480 e. The van der Waals surface area contributed by atoms with Gasteiger partial charge in [-0.2, -0.15) is 0 Å². The zero-order chi connectivity index (χ0) is 14.1. The van der Waals surface area contributed by atoms with Crippen LogP contribution in [0.25, 0.3) is 0 Å². The molecule has 0 aromatic rings. The van der Waals surface area contributed by atoms with Gasteiger partial charge in [-0.05, 0) is 52.2 Å². The van der Waals surface area contributed by atoms with E-state index in [0.717, 1.165) is 38.8 Å². The summed E-state index contributed by atoms with van der Waals surface area (Å²) in [7, 11) is 0. The van der Waals surface area contributed by atoms with Gasteiger partial charge in [-0.15, -0.1) is 0 Å². The van der Waals surface area contributed by atoms with Gasteiger partial charge in [0.1, 0.15) is 6.04 Å². The molecule has 112 valence electrons. The van der Waals surface area contributed by atoms with Crippen LogP contribution in [0.2, 0.25) is 0 Å². The molecule has 0 amide bonds. The van der Waals surface area contributed by atoms with Crippen molar-refractivity contribution in [2.45, 2.75) is 70.9 Å². The van der Waals surface area contributed by atoms with Crippen LogP contribution in [0.4, 0.5) is 0 Å². The Kier molecular flexibility index (Phi) is 8.07. The van der Waals surface area contributed by atoms with E-state index in [2.05, 4.69) is 24.1 Å². The van der Waals surface area contributed by atoms with E-state index in [1.54, 1.807) is 0 Å². The molecule has 1 fully saturated rings. The molecule has 19 heavy (non-hydrogen) atoms. The van der Waals surface area contributed by atoms with E-state index in [4.69, 9.17) is 5.11 Å². The Balaban J connectivity index is 2.15. The number of nitrogens with one attached hydrogen (secondary N) is 1. The van der Waals surface area contributed by atoms with Crippen molar-refractivity contribution in [3.8, 4) is 0 Å². The number of piperidine rings is 1. The third kappa shape index (κ3) is 6.39. The summed E-state index contributed by atoms with van der Waals surface area (Å²) in [6.07, 6.45) is 7.79. The number of hydrogen-bond acceptors (Lipinski definition) is 3. The molecule has 2 atom stereocenters. The number of hydrogen-bond donors (Lipinski definition) is 2. The first-order valence-corrected chi connectivity index (χ1v) is 7.85. The van der Waals surface area contributed by atoms with Crippen molar-refractivity contribution < 1.29 is 9.90 Å². The summed E-state index contributed by atoms with van der Waals surface area (Å²) >= 11 is 0. The van der Waals surface area contributed by atoms with Gasteiger partial charge in [0.25, 0.3) is 0 Å². The van der Waals surface area contributed by atoms with Gasteiger partial charge in [0.05, 0.1) is 0 Å². The average molecular weight is 270 g/mol. The first-order chi connectivity index (χ1) is 9.15. The predicted molar refractivity (Wildman–Crippen MR) is 78.5 cm³/mol. The molecule has 1 rings (SSSR count). The van der Waals surface area contributed by atoms with E-state index in [-0.39, 0.29) is 6.04 Å². The quantitative estimate of drug-likeness (QED) is 0.632. The molecule has 1 saturated heterocycles. The lowest BCUT2D eigenvalue weighted by molar-refractivity contribution is -0.139. The van der Waals surface area contributed by atoms with Crippen LogP contribution in [0.15, 0.2) is 0 Å². The molecule has 0 saturated carbocycles. The maximum absolute atomic E-state index is 11.1. The highest BCUT2D eigenvalue weighted by atomic mass is 16.4. The average Bonchev–Trinajstić information content (AvgIpc) is 2.39. The predicted octanol–water partition coefficient (Wildman–Crippen LogP) is 2.48. The fraction of sp³-hybridized carbons (Fsp3) is 0.933. The van der Waals surface area contributed by atoms with Crippen molar-refractivity contribution in [2.24, 2.45) is 0 Å². The van der Waals surface area contributed by atoms with E-state index < -0.39 is 5.97 Å². The number of carboxylic acid groups (broad SMARTS) is 1. The van der Waals surface area contributed by atoms with Crippen LogP contribution < -0.4 is 5.32 Å². The van der Waals surface area contributed by atoms with E-state index in [0.29, 0.717) is 6.04 Å². The molecule has 1 heterocycles. The second-order valence-electron chi connectivity index (χ2n) is 5.72. The molecule has 0 aromatic carbocycles. The van der Waals surface area contributed by atoms with Crippen molar-refractivity contribution in [3.63, 3.8) is 0 Å². The molecule has 4 nitrogen and oxygen atoms in total. The molecule has 0 bridgehead atoms. The van der Waals surface area contributed by atoms with Crippen LogP contribution in [0.1, 0.15) is 58.8 Å². The van der Waals surface area contributed by atoms with Gasteiger partial charge in [-0.1, -0.05) is 26.2 Å². The highest BCUT2D eigenvalue weighted by molar-refractivity contribution is 5.73. The van der Waals surface area contributed by atoms with E-state index in [9.17, 15) is 4.79 Å². The van der Waals surface area contributed by atoms with Crippen molar-refractivity contribution in [2.75, 3.05) is 19.6 Å². The van der Waals surface area contributed by atoms with E-state index in [1.165, 1.54) is 25.8 Å². The molecule has 1 aliphatic heterocycles. The van der Waals surface area contributed by atoms with E-state index in [1.807, 2.05) is 0 Å². The van der Waals surface area contributed by atoms with Crippen LogP contribution in [-0.4, -0.2) is 47.7 Å². The maximum Gasteiger partial charge on any atom is 0.320 e. The minimum atomic E-state index is -0.709. The second-order valence-corrected chi connectivity index (χ2v) is 5.72. The van der Waals surface area contributed by atoms with Gasteiger partial charge >= 0.3 is 5.97 Å². The smallest absolute Gasteiger partial charge is 0.320 e. The van der Waals surface area contributed by atoms with Crippen LogP contribution in [0, 0.1) is 0 Å². The zero-order valence-corrected chi connectivity index (χ0v) is 12.5. The Hall–Kier alpha value is -0.610. The molecule has 2 unspecified atom stereocenters. The molecule has 2 N–H and O–H groups in total. The minimum absolute atomic E-state index is 0.362. The van der Waals surface area contributed by atoms with Crippen molar-refractivity contribution in [1.82, 2.24) is 10.2 Å². The summed E-state index contributed by atoms with van der Waals surface area (Å²) in [4.78, 5) is 13.6. The first-order valence-electron chi connectivity index (χ1n) is 7.85.